The van der Waals surface area contributed by atoms with E-state index in [2.05, 4.69) is 5.16 Å². The van der Waals surface area contributed by atoms with Gasteiger partial charge in [-0.1, -0.05) is 60.1 Å². The van der Waals surface area contributed by atoms with Crippen molar-refractivity contribution in [2.24, 2.45) is 5.92 Å². The number of likely N-dealkylation sites (tertiary alicyclic amines) is 1. The van der Waals surface area contributed by atoms with Crippen LogP contribution in [0.25, 0.3) is 0 Å². The summed E-state index contributed by atoms with van der Waals surface area (Å²) in [5.41, 5.74) is 1.37. The summed E-state index contributed by atoms with van der Waals surface area (Å²) in [4.78, 5) is 29.9. The Hall–Kier alpha value is -3.32. The molecule has 1 saturated heterocycles. The van der Waals surface area contributed by atoms with Crippen molar-refractivity contribution in [1.29, 1.82) is 0 Å². The van der Waals surface area contributed by atoms with Gasteiger partial charge in [0.15, 0.2) is 5.69 Å². The Balaban J connectivity index is 1.47. The number of rotatable bonds is 9. The predicted octanol–water partition coefficient (Wildman–Crippen LogP) is 5.24. The minimum Gasteiger partial charge on any atom is -0.490 e. The van der Waals surface area contributed by atoms with E-state index in [1.807, 2.05) is 49.4 Å². The van der Waals surface area contributed by atoms with Crippen molar-refractivity contribution in [3.63, 3.8) is 0 Å². The fraction of sp³-hybridized carbons (Fsp3) is 0.393. The summed E-state index contributed by atoms with van der Waals surface area (Å²) in [5, 5.41) is 4.57. The molecular weight excluding hydrogens is 478 g/mol. The molecule has 0 aliphatic carbocycles. The van der Waals surface area contributed by atoms with Crippen LogP contribution in [-0.2, 0) is 17.8 Å². The highest BCUT2D eigenvalue weighted by Gasteiger charge is 2.36. The number of hydrogen-bond acceptors (Lipinski definition) is 5. The van der Waals surface area contributed by atoms with Gasteiger partial charge in [0, 0.05) is 63.0 Å². The minimum absolute atomic E-state index is 0.00418. The zero-order chi connectivity index (χ0) is 25.5. The Morgan fingerprint density at radius 3 is 2.72 bits per heavy atom. The van der Waals surface area contributed by atoms with E-state index in [0.29, 0.717) is 48.3 Å². The Labute approximate surface area is 217 Å². The van der Waals surface area contributed by atoms with Crippen LogP contribution in [0.4, 0.5) is 0 Å². The number of halogens is 1. The first-order chi connectivity index (χ1) is 17.4. The van der Waals surface area contributed by atoms with Crippen LogP contribution in [0, 0.1) is 5.92 Å². The van der Waals surface area contributed by atoms with Gasteiger partial charge >= 0.3 is 0 Å². The van der Waals surface area contributed by atoms with Crippen molar-refractivity contribution in [3.8, 4) is 5.75 Å². The maximum absolute atomic E-state index is 13.2. The average Bonchev–Trinajstić information content (AvgIpc) is 3.34. The first kappa shape index (κ1) is 25.8. The Kier molecular flexibility index (Phi) is 8.65. The Morgan fingerprint density at radius 2 is 1.97 bits per heavy atom. The van der Waals surface area contributed by atoms with Gasteiger partial charge in [-0.2, -0.15) is 0 Å². The molecule has 0 bridgehead atoms. The molecule has 1 aromatic heterocycles. The normalized spacial score (nSPS) is 17.6. The van der Waals surface area contributed by atoms with Crippen LogP contribution in [0.3, 0.4) is 0 Å². The van der Waals surface area contributed by atoms with Crippen molar-refractivity contribution in [2.75, 3.05) is 20.1 Å². The lowest BCUT2D eigenvalue weighted by atomic mass is 9.90. The third-order valence-electron chi connectivity index (χ3n) is 6.43. The Bertz CT molecular complexity index is 1170. The van der Waals surface area contributed by atoms with Gasteiger partial charge in [-0.15, -0.1) is 0 Å². The molecule has 0 unspecified atom stereocenters. The van der Waals surface area contributed by atoms with Crippen molar-refractivity contribution in [3.05, 3.63) is 82.7 Å². The second-order valence-corrected chi connectivity index (χ2v) is 9.72. The molecule has 2 aromatic carbocycles. The molecule has 1 aliphatic rings. The van der Waals surface area contributed by atoms with E-state index in [-0.39, 0.29) is 30.3 Å². The van der Waals surface area contributed by atoms with E-state index in [1.54, 1.807) is 35.0 Å². The quantitative estimate of drug-likeness (QED) is 0.394. The van der Waals surface area contributed by atoms with Crippen LogP contribution in [0.1, 0.15) is 48.0 Å². The van der Waals surface area contributed by atoms with Crippen molar-refractivity contribution < 1.29 is 18.8 Å². The molecule has 2 amide bonds. The predicted molar refractivity (Wildman–Crippen MR) is 138 cm³/mol. The van der Waals surface area contributed by atoms with Gasteiger partial charge < -0.3 is 19.1 Å². The van der Waals surface area contributed by atoms with Crippen molar-refractivity contribution in [1.82, 2.24) is 15.0 Å². The molecule has 0 radical (unpaired) electrons. The Morgan fingerprint density at radius 1 is 1.17 bits per heavy atom. The van der Waals surface area contributed by atoms with Crippen LogP contribution in [-0.4, -0.2) is 53.0 Å². The van der Waals surface area contributed by atoms with Gasteiger partial charge in [0.05, 0.1) is 0 Å². The van der Waals surface area contributed by atoms with Crippen molar-refractivity contribution in [2.45, 2.75) is 45.3 Å². The third-order valence-corrected chi connectivity index (χ3v) is 6.67. The summed E-state index contributed by atoms with van der Waals surface area (Å²) < 4.78 is 11.6. The zero-order valence-electron chi connectivity index (χ0n) is 20.7. The molecular formula is C28H32ClN3O4. The highest BCUT2D eigenvalue weighted by Crippen LogP contribution is 2.28. The monoisotopic (exact) mass is 509 g/mol. The number of ether oxygens (including phenoxy) is 1. The number of carbonyl (C=O) groups is 2. The highest BCUT2D eigenvalue weighted by atomic mass is 35.5. The lowest BCUT2D eigenvalue weighted by Gasteiger charge is -2.38. The van der Waals surface area contributed by atoms with Gasteiger partial charge in [-0.05, 0) is 30.2 Å². The largest absolute Gasteiger partial charge is 0.490 e. The van der Waals surface area contributed by atoms with E-state index < -0.39 is 0 Å². The second kappa shape index (κ2) is 12.1. The number of aryl methyl sites for hydroxylation is 1. The van der Waals surface area contributed by atoms with Crippen LogP contribution in [0.5, 0.6) is 5.75 Å². The molecule has 0 saturated carbocycles. The molecule has 1 fully saturated rings. The summed E-state index contributed by atoms with van der Waals surface area (Å²) in [7, 11) is 1.80. The van der Waals surface area contributed by atoms with E-state index in [4.69, 9.17) is 20.9 Å². The first-order valence-corrected chi connectivity index (χ1v) is 12.8. The van der Waals surface area contributed by atoms with E-state index in [9.17, 15) is 9.59 Å². The minimum atomic E-state index is -0.227. The molecule has 190 valence electrons. The van der Waals surface area contributed by atoms with Crippen molar-refractivity contribution >= 4 is 23.4 Å². The van der Waals surface area contributed by atoms with Crippen LogP contribution in [0.2, 0.25) is 5.02 Å². The highest BCUT2D eigenvalue weighted by molar-refractivity contribution is 6.30. The van der Waals surface area contributed by atoms with Crippen LogP contribution >= 0.6 is 11.6 Å². The molecule has 8 heteroatoms. The van der Waals surface area contributed by atoms with Crippen LogP contribution in [0.15, 0.2) is 65.2 Å². The lowest BCUT2D eigenvalue weighted by Crippen LogP contribution is -2.49. The van der Waals surface area contributed by atoms with E-state index >= 15 is 0 Å². The summed E-state index contributed by atoms with van der Waals surface area (Å²) in [6.45, 7) is 3.47. The molecule has 36 heavy (non-hydrogen) atoms. The van der Waals surface area contributed by atoms with Gasteiger partial charge in [0.2, 0.25) is 5.91 Å². The first-order valence-electron chi connectivity index (χ1n) is 12.4. The lowest BCUT2D eigenvalue weighted by molar-refractivity contribution is -0.133. The maximum Gasteiger partial charge on any atom is 0.276 e. The standard InChI is InChI=1S/C28H32ClN3O4/c1-3-8-24-17-25(30-36-24)28(34)32-14-13-26(35-23-12-7-11-22(29)16-23)21(19-32)15-27(33)31(2)18-20-9-5-4-6-10-20/h4-7,9-12,16-17,21,26H,3,8,13-15,18-19H2,1-2H3/t21-,26-/m0/s1. The fourth-order valence-corrected chi connectivity index (χ4v) is 4.71. The fourth-order valence-electron chi connectivity index (χ4n) is 4.53. The number of piperidine rings is 1. The average molecular weight is 510 g/mol. The molecule has 3 aromatic rings. The molecule has 2 atom stereocenters. The maximum atomic E-state index is 13.2. The topological polar surface area (TPSA) is 75.9 Å². The zero-order valence-corrected chi connectivity index (χ0v) is 21.5. The second-order valence-electron chi connectivity index (χ2n) is 9.28. The number of benzene rings is 2. The third kappa shape index (κ3) is 6.66. The number of hydrogen-bond donors (Lipinski definition) is 0. The SMILES string of the molecule is CCCc1cc(C(=O)N2CC[C@H](Oc3cccc(Cl)c3)[C@@H](CC(=O)N(C)Cc3ccccc3)C2)no1. The molecule has 4 rings (SSSR count). The smallest absolute Gasteiger partial charge is 0.276 e. The summed E-state index contributed by atoms with van der Waals surface area (Å²) in [6, 6.07) is 18.8. The number of nitrogens with zero attached hydrogens (tertiary/aromatic N) is 3. The van der Waals surface area contributed by atoms with Gasteiger partial charge in [-0.25, -0.2) is 0 Å². The van der Waals surface area contributed by atoms with E-state index in [0.717, 1.165) is 18.4 Å². The molecule has 1 aliphatic heterocycles. The number of aromatic nitrogens is 1. The van der Waals surface area contributed by atoms with Gasteiger partial charge in [0.1, 0.15) is 17.6 Å². The summed E-state index contributed by atoms with van der Waals surface area (Å²) in [6.07, 6.45) is 2.28. The summed E-state index contributed by atoms with van der Waals surface area (Å²) >= 11 is 6.15. The number of carbonyl (C=O) groups excluding carboxylic acids is 2. The molecule has 0 N–H and O–H groups in total. The van der Waals surface area contributed by atoms with Gasteiger partial charge in [0.25, 0.3) is 5.91 Å². The molecule has 7 nitrogen and oxygen atoms in total. The van der Waals surface area contributed by atoms with Crippen LogP contribution < -0.4 is 4.74 Å². The molecule has 2 heterocycles. The van der Waals surface area contributed by atoms with E-state index in [1.165, 1.54) is 0 Å². The number of amides is 2. The molecule has 0 spiro atoms. The summed E-state index contributed by atoms with van der Waals surface area (Å²) in [5.74, 6) is 0.994. The van der Waals surface area contributed by atoms with Gasteiger partial charge in [-0.3, -0.25) is 9.59 Å².